The predicted octanol–water partition coefficient (Wildman–Crippen LogP) is 0.578. The van der Waals surface area contributed by atoms with E-state index in [2.05, 4.69) is 5.32 Å². The highest BCUT2D eigenvalue weighted by molar-refractivity contribution is 8.00. The molecular weight excluding hydrogens is 412 g/mol. The van der Waals surface area contributed by atoms with Crippen LogP contribution in [0.4, 0.5) is 0 Å². The number of amides is 2. The van der Waals surface area contributed by atoms with E-state index in [-0.39, 0.29) is 18.1 Å². The van der Waals surface area contributed by atoms with E-state index in [1.807, 2.05) is 0 Å². The number of carbonyl (C=O) groups is 4. The van der Waals surface area contributed by atoms with Crippen molar-refractivity contribution < 1.29 is 34.1 Å². The molecule has 0 spiro atoms. The molecule has 2 unspecified atom stereocenters. The standard InChI is InChI=1S/C20H20N2O7S/c1-2-29-13(23)9-8-12-10-30-19-14(18(26)22(19)15(12)20(27)28)21-17(25)16(24)11-6-4-3-5-7-11/h3-9,14,16,19,24H,2,10H2,1H3,(H,21,25)(H,27,28)/t14?,16?,19-/m1/s1. The zero-order chi connectivity index (χ0) is 21.8. The van der Waals surface area contributed by atoms with Crippen LogP contribution in [0.25, 0.3) is 0 Å². The zero-order valence-corrected chi connectivity index (χ0v) is 16.8. The minimum absolute atomic E-state index is 0.186. The second kappa shape index (κ2) is 9.14. The molecule has 3 atom stereocenters. The van der Waals surface area contributed by atoms with Crippen molar-refractivity contribution in [2.75, 3.05) is 12.4 Å². The van der Waals surface area contributed by atoms with Gasteiger partial charge in [0.2, 0.25) is 0 Å². The van der Waals surface area contributed by atoms with Gasteiger partial charge in [0.15, 0.2) is 6.10 Å². The van der Waals surface area contributed by atoms with E-state index in [0.717, 1.165) is 11.0 Å². The average Bonchev–Trinajstić information content (AvgIpc) is 2.75. The molecule has 0 bridgehead atoms. The monoisotopic (exact) mass is 432 g/mol. The van der Waals surface area contributed by atoms with Crippen LogP contribution in [0, 0.1) is 0 Å². The van der Waals surface area contributed by atoms with Gasteiger partial charge in [-0.2, -0.15) is 0 Å². The molecular formula is C20H20N2O7S. The topological polar surface area (TPSA) is 133 Å². The van der Waals surface area contributed by atoms with E-state index in [0.29, 0.717) is 11.1 Å². The Balaban J connectivity index is 1.74. The summed E-state index contributed by atoms with van der Waals surface area (Å²) < 4.78 is 4.78. The van der Waals surface area contributed by atoms with Gasteiger partial charge in [-0.25, -0.2) is 9.59 Å². The number of ether oxygens (including phenoxy) is 1. The summed E-state index contributed by atoms with van der Waals surface area (Å²) in [4.78, 5) is 49.3. The number of nitrogens with one attached hydrogen (secondary N) is 1. The van der Waals surface area contributed by atoms with E-state index in [1.54, 1.807) is 37.3 Å². The number of aliphatic hydroxyl groups excluding tert-OH is 1. The van der Waals surface area contributed by atoms with E-state index >= 15 is 0 Å². The Morgan fingerprint density at radius 1 is 1.33 bits per heavy atom. The molecule has 0 radical (unpaired) electrons. The maximum Gasteiger partial charge on any atom is 0.352 e. The summed E-state index contributed by atoms with van der Waals surface area (Å²) in [6.07, 6.45) is 0.991. The van der Waals surface area contributed by atoms with E-state index in [4.69, 9.17) is 4.74 Å². The molecule has 0 aromatic heterocycles. The molecule has 30 heavy (non-hydrogen) atoms. The number of carboxylic acids is 1. The lowest BCUT2D eigenvalue weighted by Crippen LogP contribution is -2.70. The Morgan fingerprint density at radius 2 is 2.03 bits per heavy atom. The fraction of sp³-hybridized carbons (Fsp3) is 0.300. The van der Waals surface area contributed by atoms with Crippen molar-refractivity contribution in [3.05, 3.63) is 59.3 Å². The smallest absolute Gasteiger partial charge is 0.352 e. The number of carbonyl (C=O) groups excluding carboxylic acids is 3. The van der Waals surface area contributed by atoms with Crippen LogP contribution < -0.4 is 5.32 Å². The van der Waals surface area contributed by atoms with Gasteiger partial charge in [-0.1, -0.05) is 30.3 Å². The van der Waals surface area contributed by atoms with Gasteiger partial charge < -0.3 is 20.3 Å². The van der Waals surface area contributed by atoms with Crippen LogP contribution in [0.15, 0.2) is 53.8 Å². The third-order valence-electron chi connectivity index (χ3n) is 4.57. The normalized spacial score (nSPS) is 21.7. The van der Waals surface area contributed by atoms with Crippen molar-refractivity contribution in [2.24, 2.45) is 0 Å². The molecule has 0 saturated carbocycles. The van der Waals surface area contributed by atoms with Crippen LogP contribution in [-0.2, 0) is 23.9 Å². The molecule has 3 N–H and O–H groups in total. The van der Waals surface area contributed by atoms with Gasteiger partial charge in [0.25, 0.3) is 11.8 Å². The van der Waals surface area contributed by atoms with Gasteiger partial charge in [-0.3, -0.25) is 14.5 Å². The summed E-state index contributed by atoms with van der Waals surface area (Å²) in [5.41, 5.74) is 0.435. The first-order valence-corrected chi connectivity index (χ1v) is 10.2. The van der Waals surface area contributed by atoms with E-state index in [9.17, 15) is 29.4 Å². The van der Waals surface area contributed by atoms with Gasteiger partial charge in [0.05, 0.1) is 6.61 Å². The summed E-state index contributed by atoms with van der Waals surface area (Å²) in [6, 6.07) is 7.31. The third kappa shape index (κ3) is 4.24. The van der Waals surface area contributed by atoms with Crippen molar-refractivity contribution in [1.29, 1.82) is 0 Å². The van der Waals surface area contributed by atoms with Gasteiger partial charge in [0.1, 0.15) is 17.1 Å². The summed E-state index contributed by atoms with van der Waals surface area (Å²) in [5.74, 6) is -3.04. The summed E-state index contributed by atoms with van der Waals surface area (Å²) in [6.45, 7) is 1.84. The highest BCUT2D eigenvalue weighted by Gasteiger charge is 2.54. The van der Waals surface area contributed by atoms with Crippen molar-refractivity contribution in [2.45, 2.75) is 24.4 Å². The van der Waals surface area contributed by atoms with Gasteiger partial charge in [0, 0.05) is 11.8 Å². The second-order valence-corrected chi connectivity index (χ2v) is 7.58. The van der Waals surface area contributed by atoms with Crippen LogP contribution in [0.1, 0.15) is 18.6 Å². The number of rotatable bonds is 7. The largest absolute Gasteiger partial charge is 0.477 e. The lowest BCUT2D eigenvalue weighted by Gasteiger charge is -2.49. The molecule has 2 amide bonds. The number of hydrogen-bond acceptors (Lipinski definition) is 7. The lowest BCUT2D eigenvalue weighted by atomic mass is 10.0. The molecule has 2 aliphatic rings. The number of thioether (sulfide) groups is 1. The first-order valence-electron chi connectivity index (χ1n) is 9.14. The summed E-state index contributed by atoms with van der Waals surface area (Å²) in [5, 5.41) is 21.7. The SMILES string of the molecule is CCOC(=O)C=CC1=C(C(=O)O)N2C(=O)C(NC(=O)C(O)c3ccccc3)[C@H]2SC1. The highest BCUT2D eigenvalue weighted by atomic mass is 32.2. The molecule has 0 aliphatic carbocycles. The number of carboxylic acid groups (broad SMARTS) is 1. The maximum absolute atomic E-state index is 12.6. The van der Waals surface area contributed by atoms with Crippen LogP contribution in [-0.4, -0.2) is 62.6 Å². The van der Waals surface area contributed by atoms with Crippen LogP contribution in [0.5, 0.6) is 0 Å². The second-order valence-electron chi connectivity index (χ2n) is 6.47. The van der Waals surface area contributed by atoms with E-state index in [1.165, 1.54) is 17.8 Å². The van der Waals surface area contributed by atoms with Crippen LogP contribution >= 0.6 is 11.8 Å². The molecule has 2 heterocycles. The first-order chi connectivity index (χ1) is 14.3. The minimum Gasteiger partial charge on any atom is -0.477 e. The van der Waals surface area contributed by atoms with Gasteiger partial charge in [-0.05, 0) is 24.1 Å². The zero-order valence-electron chi connectivity index (χ0n) is 16.0. The molecule has 1 fully saturated rings. The number of fused-ring (bicyclic) bond motifs is 1. The number of esters is 1. The number of aliphatic hydroxyl groups is 1. The molecule has 1 aromatic rings. The maximum atomic E-state index is 12.6. The van der Waals surface area contributed by atoms with Crippen molar-refractivity contribution >= 4 is 35.5 Å². The molecule has 3 rings (SSSR count). The van der Waals surface area contributed by atoms with E-state index < -0.39 is 41.3 Å². The Bertz CT molecular complexity index is 928. The number of benzene rings is 1. The lowest BCUT2D eigenvalue weighted by molar-refractivity contribution is -0.151. The van der Waals surface area contributed by atoms with Crippen LogP contribution in [0.3, 0.4) is 0 Å². The fourth-order valence-electron chi connectivity index (χ4n) is 3.15. The molecule has 10 heteroatoms. The van der Waals surface area contributed by atoms with Crippen molar-refractivity contribution in [1.82, 2.24) is 10.2 Å². The molecule has 1 aromatic carbocycles. The van der Waals surface area contributed by atoms with Crippen LogP contribution in [0.2, 0.25) is 0 Å². The molecule has 1 saturated heterocycles. The molecule has 2 aliphatic heterocycles. The minimum atomic E-state index is -1.45. The number of β-lactam (4-membered cyclic amide) rings is 1. The predicted molar refractivity (Wildman–Crippen MR) is 107 cm³/mol. The Labute approximate surface area is 176 Å². The fourth-order valence-corrected chi connectivity index (χ4v) is 4.47. The molecule has 9 nitrogen and oxygen atoms in total. The number of nitrogens with zero attached hydrogens (tertiary/aromatic N) is 1. The Kier molecular flexibility index (Phi) is 6.58. The highest BCUT2D eigenvalue weighted by Crippen LogP contribution is 2.40. The van der Waals surface area contributed by atoms with Gasteiger partial charge in [-0.15, -0.1) is 11.8 Å². The first kappa shape index (κ1) is 21.6. The Morgan fingerprint density at radius 3 is 2.67 bits per heavy atom. The number of aliphatic carboxylic acids is 1. The summed E-state index contributed by atoms with van der Waals surface area (Å²) >= 11 is 1.25. The van der Waals surface area contributed by atoms with Gasteiger partial charge >= 0.3 is 11.9 Å². The Hall–Kier alpha value is -3.11. The van der Waals surface area contributed by atoms with Crippen molar-refractivity contribution in [3.63, 3.8) is 0 Å². The quantitative estimate of drug-likeness (QED) is 0.324. The third-order valence-corrected chi connectivity index (χ3v) is 5.87. The number of allylic oxidation sites excluding steroid dienone is 1. The van der Waals surface area contributed by atoms with Crippen molar-refractivity contribution in [3.8, 4) is 0 Å². The molecule has 158 valence electrons. The summed E-state index contributed by atoms with van der Waals surface area (Å²) in [7, 11) is 0. The average molecular weight is 432 g/mol. The number of hydrogen-bond donors (Lipinski definition) is 3.